The first-order chi connectivity index (χ1) is 9.08. The predicted molar refractivity (Wildman–Crippen MR) is 77.7 cm³/mol. The number of benzene rings is 1. The monoisotopic (exact) mass is 320 g/mol. The smallest absolute Gasteiger partial charge is 0.230 e. The molecule has 5 nitrogen and oxygen atoms in total. The molecule has 1 aromatic carbocycles. The Bertz CT molecular complexity index is 759. The van der Waals surface area contributed by atoms with Crippen LogP contribution in [0, 0.1) is 0 Å². The minimum Gasteiger partial charge on any atom is -0.434 e. The summed E-state index contributed by atoms with van der Waals surface area (Å²) in [6.07, 6.45) is 2.74. The summed E-state index contributed by atoms with van der Waals surface area (Å²) in [6.45, 7) is 2.05. The van der Waals surface area contributed by atoms with Gasteiger partial charge in [-0.1, -0.05) is 22.9 Å². The fourth-order valence-corrected chi connectivity index (χ4v) is 2.58. The molecular weight excluding hydrogens is 308 g/mol. The Morgan fingerprint density at radius 1 is 1.42 bits per heavy atom. The lowest BCUT2D eigenvalue weighted by Crippen LogP contribution is -1.89. The standard InChI is InChI=1S/C13H13BrN4O/c1-3-10-8(6-18(2)17-10)13-16-11-5-7(14)4-9(15)12(11)19-13/h4-6H,3,15H2,1-2H3. The number of hydrogen-bond donors (Lipinski definition) is 1. The molecule has 0 aliphatic carbocycles. The van der Waals surface area contributed by atoms with Crippen molar-refractivity contribution in [3.05, 3.63) is 28.5 Å². The van der Waals surface area contributed by atoms with E-state index in [1.165, 1.54) is 0 Å². The average molecular weight is 321 g/mol. The summed E-state index contributed by atoms with van der Waals surface area (Å²) in [6, 6.07) is 3.70. The number of nitrogens with zero attached hydrogens (tertiary/aromatic N) is 3. The van der Waals surface area contributed by atoms with Gasteiger partial charge < -0.3 is 10.2 Å². The molecule has 3 aromatic rings. The van der Waals surface area contributed by atoms with Gasteiger partial charge in [-0.15, -0.1) is 0 Å². The van der Waals surface area contributed by atoms with Gasteiger partial charge in [0.25, 0.3) is 0 Å². The summed E-state index contributed by atoms with van der Waals surface area (Å²) in [7, 11) is 1.89. The van der Waals surface area contributed by atoms with E-state index in [0.717, 1.165) is 27.7 Å². The molecule has 0 aliphatic rings. The van der Waals surface area contributed by atoms with E-state index >= 15 is 0 Å². The van der Waals surface area contributed by atoms with Crippen LogP contribution in [0.2, 0.25) is 0 Å². The van der Waals surface area contributed by atoms with Crippen LogP contribution in [-0.4, -0.2) is 14.8 Å². The van der Waals surface area contributed by atoms with Crippen molar-refractivity contribution < 1.29 is 4.42 Å². The van der Waals surface area contributed by atoms with E-state index in [1.807, 2.05) is 19.3 Å². The molecule has 19 heavy (non-hydrogen) atoms. The minimum atomic E-state index is 0.560. The second-order valence-corrected chi connectivity index (χ2v) is 5.29. The van der Waals surface area contributed by atoms with Crippen molar-refractivity contribution in [2.24, 2.45) is 7.05 Å². The third kappa shape index (κ3) is 2.02. The fourth-order valence-electron chi connectivity index (χ4n) is 2.11. The normalized spacial score (nSPS) is 11.3. The Balaban J connectivity index is 2.23. The van der Waals surface area contributed by atoms with Crippen molar-refractivity contribution in [3.63, 3.8) is 0 Å². The molecule has 0 bridgehead atoms. The summed E-state index contributed by atoms with van der Waals surface area (Å²) in [5.41, 5.74) is 9.75. The van der Waals surface area contributed by atoms with Gasteiger partial charge in [0.05, 0.1) is 16.9 Å². The molecule has 6 heteroatoms. The van der Waals surface area contributed by atoms with Gasteiger partial charge in [0.1, 0.15) is 5.52 Å². The molecule has 0 aliphatic heterocycles. The van der Waals surface area contributed by atoms with E-state index in [4.69, 9.17) is 10.2 Å². The van der Waals surface area contributed by atoms with E-state index in [-0.39, 0.29) is 0 Å². The molecule has 0 saturated carbocycles. The third-order valence-corrected chi connectivity index (χ3v) is 3.41. The number of halogens is 1. The Morgan fingerprint density at radius 3 is 2.95 bits per heavy atom. The molecule has 0 saturated heterocycles. The zero-order valence-corrected chi connectivity index (χ0v) is 12.2. The molecule has 2 N–H and O–H groups in total. The Labute approximate surface area is 118 Å². The lowest BCUT2D eigenvalue weighted by Gasteiger charge is -1.94. The van der Waals surface area contributed by atoms with Crippen LogP contribution >= 0.6 is 15.9 Å². The first-order valence-electron chi connectivity index (χ1n) is 5.97. The number of nitrogens with two attached hydrogens (primary N) is 1. The molecular formula is C13H13BrN4O. The highest BCUT2D eigenvalue weighted by atomic mass is 79.9. The summed E-state index contributed by atoms with van der Waals surface area (Å²) < 4.78 is 8.44. The number of aryl methyl sites for hydroxylation is 2. The Kier molecular flexibility index (Phi) is 2.82. The summed E-state index contributed by atoms with van der Waals surface area (Å²) in [5.74, 6) is 0.560. The van der Waals surface area contributed by atoms with Crippen LogP contribution in [-0.2, 0) is 13.5 Å². The lowest BCUT2D eigenvalue weighted by atomic mass is 10.2. The lowest BCUT2D eigenvalue weighted by molar-refractivity contribution is 0.620. The second kappa shape index (κ2) is 4.38. The van der Waals surface area contributed by atoms with Crippen molar-refractivity contribution in [1.29, 1.82) is 0 Å². The van der Waals surface area contributed by atoms with Gasteiger partial charge in [0.2, 0.25) is 5.89 Å². The van der Waals surface area contributed by atoms with E-state index in [0.29, 0.717) is 17.2 Å². The van der Waals surface area contributed by atoms with Crippen molar-refractivity contribution in [1.82, 2.24) is 14.8 Å². The highest BCUT2D eigenvalue weighted by molar-refractivity contribution is 9.10. The number of nitrogen functional groups attached to an aromatic ring is 1. The van der Waals surface area contributed by atoms with E-state index in [9.17, 15) is 0 Å². The highest BCUT2D eigenvalue weighted by Crippen LogP contribution is 2.31. The molecule has 98 valence electrons. The van der Waals surface area contributed by atoms with Crippen LogP contribution in [0.5, 0.6) is 0 Å². The van der Waals surface area contributed by atoms with Crippen LogP contribution < -0.4 is 5.73 Å². The largest absolute Gasteiger partial charge is 0.434 e. The van der Waals surface area contributed by atoms with Gasteiger partial charge in [-0.05, 0) is 18.6 Å². The van der Waals surface area contributed by atoms with Crippen molar-refractivity contribution in [3.8, 4) is 11.5 Å². The van der Waals surface area contributed by atoms with Crippen LogP contribution in [0.3, 0.4) is 0 Å². The van der Waals surface area contributed by atoms with Crippen LogP contribution in [0.4, 0.5) is 5.69 Å². The quantitative estimate of drug-likeness (QED) is 0.736. The third-order valence-electron chi connectivity index (χ3n) is 2.95. The zero-order valence-electron chi connectivity index (χ0n) is 10.6. The maximum atomic E-state index is 5.94. The fraction of sp³-hybridized carbons (Fsp3) is 0.231. The van der Waals surface area contributed by atoms with Gasteiger partial charge >= 0.3 is 0 Å². The van der Waals surface area contributed by atoms with Gasteiger partial charge in [0, 0.05) is 17.7 Å². The minimum absolute atomic E-state index is 0.560. The van der Waals surface area contributed by atoms with Gasteiger partial charge in [-0.3, -0.25) is 4.68 Å². The number of aromatic nitrogens is 3. The SMILES string of the molecule is CCc1nn(C)cc1-c1nc2cc(Br)cc(N)c2o1. The molecule has 2 heterocycles. The van der Waals surface area contributed by atoms with Crippen molar-refractivity contribution in [2.45, 2.75) is 13.3 Å². The van der Waals surface area contributed by atoms with Gasteiger partial charge in [-0.25, -0.2) is 4.98 Å². The number of oxazole rings is 1. The summed E-state index contributed by atoms with van der Waals surface area (Å²) >= 11 is 3.40. The molecule has 2 aromatic heterocycles. The van der Waals surface area contributed by atoms with Crippen molar-refractivity contribution in [2.75, 3.05) is 5.73 Å². The zero-order chi connectivity index (χ0) is 13.6. The number of hydrogen-bond acceptors (Lipinski definition) is 4. The number of fused-ring (bicyclic) bond motifs is 1. The number of rotatable bonds is 2. The first-order valence-corrected chi connectivity index (χ1v) is 6.76. The Hall–Kier alpha value is -1.82. The molecule has 0 spiro atoms. The number of anilines is 1. The van der Waals surface area contributed by atoms with Gasteiger partial charge in [0.15, 0.2) is 5.58 Å². The first kappa shape index (κ1) is 12.2. The van der Waals surface area contributed by atoms with E-state index in [1.54, 1.807) is 10.7 Å². The topological polar surface area (TPSA) is 69.9 Å². The van der Waals surface area contributed by atoms with Crippen LogP contribution in [0.25, 0.3) is 22.6 Å². The van der Waals surface area contributed by atoms with Crippen molar-refractivity contribution >= 4 is 32.7 Å². The summed E-state index contributed by atoms with van der Waals surface area (Å²) in [4.78, 5) is 4.50. The van der Waals surface area contributed by atoms with Crippen LogP contribution in [0.1, 0.15) is 12.6 Å². The molecule has 0 atom stereocenters. The molecule has 0 radical (unpaired) electrons. The maximum absolute atomic E-state index is 5.94. The van der Waals surface area contributed by atoms with Gasteiger partial charge in [-0.2, -0.15) is 5.10 Å². The molecule has 0 amide bonds. The van der Waals surface area contributed by atoms with Crippen LogP contribution in [0.15, 0.2) is 27.2 Å². The maximum Gasteiger partial charge on any atom is 0.230 e. The average Bonchev–Trinajstić information content (AvgIpc) is 2.91. The predicted octanol–water partition coefficient (Wildman–Crippen LogP) is 3.14. The molecule has 3 rings (SSSR count). The van der Waals surface area contributed by atoms with E-state index < -0.39 is 0 Å². The second-order valence-electron chi connectivity index (χ2n) is 4.38. The molecule has 0 unspecified atom stereocenters. The molecule has 0 fully saturated rings. The summed E-state index contributed by atoms with van der Waals surface area (Å²) in [5, 5.41) is 4.39. The Morgan fingerprint density at radius 2 is 2.21 bits per heavy atom. The van der Waals surface area contributed by atoms with E-state index in [2.05, 4.69) is 32.9 Å². The highest BCUT2D eigenvalue weighted by Gasteiger charge is 2.16.